The van der Waals surface area contributed by atoms with Gasteiger partial charge in [-0.05, 0) is 112 Å². The van der Waals surface area contributed by atoms with Crippen LogP contribution in [0, 0.1) is 35.0 Å². The number of thiazole rings is 1. The Morgan fingerprint density at radius 2 is 1.86 bits per heavy atom. The van der Waals surface area contributed by atoms with Crippen molar-refractivity contribution in [3.05, 3.63) is 87.8 Å². The summed E-state index contributed by atoms with van der Waals surface area (Å²) in [5, 5.41) is 8.35. The number of nitrogens with one attached hydrogen (secondary N) is 2. The van der Waals surface area contributed by atoms with Gasteiger partial charge in [-0.25, -0.2) is 19.2 Å². The number of hydrazine groups is 1. The predicted octanol–water partition coefficient (Wildman–Crippen LogP) is 7.97. The Balaban J connectivity index is 1.09. The van der Waals surface area contributed by atoms with E-state index >= 15 is 4.79 Å². The molecule has 2 aliphatic carbocycles. The van der Waals surface area contributed by atoms with Crippen LogP contribution >= 0.6 is 11.3 Å². The maximum atomic E-state index is 15.1. The van der Waals surface area contributed by atoms with Crippen LogP contribution in [0.1, 0.15) is 99.9 Å². The summed E-state index contributed by atoms with van der Waals surface area (Å²) >= 11 is 1.28. The zero-order valence-electron chi connectivity index (χ0n) is 42.2. The zero-order valence-corrected chi connectivity index (χ0v) is 43.0. The number of hydrogen-bond acceptors (Lipinski definition) is 13. The lowest BCUT2D eigenvalue weighted by Crippen LogP contribution is -2.71. The highest BCUT2D eigenvalue weighted by atomic mass is 32.1. The van der Waals surface area contributed by atoms with Gasteiger partial charge in [0.25, 0.3) is 12.3 Å². The number of fused-ring (bicyclic) bond motifs is 4. The second-order valence-corrected chi connectivity index (χ2v) is 21.9. The smallest absolute Gasteiger partial charge is 0.325 e. The molecule has 1 amide bonds. The quantitative estimate of drug-likeness (QED) is 0.0924. The topological polar surface area (TPSA) is 145 Å². The number of esters is 1. The SMILES string of the molecule is CCn1c(-c2cc(C#C[C@@H](C)N3CCOCC3)cnc2[C@H](C)OC)c2c3cc(ccc31)-c1csc(n1)[C@@H](OCC(F)F)[C@H](NCC1[C@@H](C)[C@H]1c1ccncc1)C(=O)N1N[C@H](C(=O)OCC(C)(C)C2)C2CC1C2. The average Bonchev–Trinajstić information content (AvgIpc) is 3.63. The van der Waals surface area contributed by atoms with E-state index in [0.29, 0.717) is 62.2 Å². The minimum absolute atomic E-state index is 0.0264. The molecule has 2 N–H and O–H groups in total. The third-order valence-electron chi connectivity index (χ3n) is 15.7. The van der Waals surface area contributed by atoms with Crippen molar-refractivity contribution >= 4 is 34.1 Å². The second kappa shape index (κ2) is 21.0. The van der Waals surface area contributed by atoms with E-state index in [4.69, 9.17) is 28.9 Å². The predicted molar refractivity (Wildman–Crippen MR) is 271 cm³/mol. The number of ether oxygens (including phenoxy) is 4. The molecule has 0 spiro atoms. The van der Waals surface area contributed by atoms with Gasteiger partial charge in [0.1, 0.15) is 29.8 Å². The van der Waals surface area contributed by atoms with E-state index < -0.39 is 42.6 Å². The first-order valence-corrected chi connectivity index (χ1v) is 26.4. The normalized spacial score (nSPS) is 27.1. The molecule has 4 aliphatic heterocycles. The highest BCUT2D eigenvalue weighted by Crippen LogP contribution is 2.53. The van der Waals surface area contributed by atoms with Gasteiger partial charge in [-0.2, -0.15) is 0 Å². The summed E-state index contributed by atoms with van der Waals surface area (Å²) < 4.78 is 54.7. The van der Waals surface area contributed by atoms with Crippen LogP contribution in [0.4, 0.5) is 8.78 Å². The molecule has 14 nitrogen and oxygen atoms in total. The standard InChI is InChI=1S/C55H66F2N8O6S/c1-8-64-44-12-11-36-24-39(44)41(50(64)40-21-34(26-59-47(40)33(4)68-7)10-9-31(2)63-17-19-69-20-18-63)25-55(5,6)30-71-54(67)48-37-22-38(23-37)65(62-48)53(66)49(51(70-28-45(56)57)52-61-43(36)29-72-52)60-27-42-32(3)46(42)35-13-15-58-16-14-35/h11-16,21,24,26,29,31-33,37-38,42,45-46,48-49,51,60,62H,8,17-20,22-23,25,27-28,30H2,1-7H3/t31-,32-,33+,37?,38?,42?,46+,48+,49+,51+/m1/s1. The molecule has 8 bridgehead atoms. The molecule has 2 saturated carbocycles. The number of carbonyl (C=O) groups is 2. The third-order valence-corrected chi connectivity index (χ3v) is 16.6. The molecule has 8 atom stereocenters. The van der Waals surface area contributed by atoms with Gasteiger partial charge in [0.2, 0.25) is 0 Å². The second-order valence-electron chi connectivity index (χ2n) is 21.0. The molecule has 5 fully saturated rings. The number of pyridine rings is 2. The number of benzene rings is 1. The van der Waals surface area contributed by atoms with Crippen LogP contribution in [-0.2, 0) is 41.5 Å². The lowest BCUT2D eigenvalue weighted by Gasteiger charge is -2.53. The highest BCUT2D eigenvalue weighted by Gasteiger charge is 2.53. The summed E-state index contributed by atoms with van der Waals surface area (Å²) in [5.74, 6) is 6.79. The number of nitrogens with zero attached hydrogens (tertiary/aromatic N) is 6. The summed E-state index contributed by atoms with van der Waals surface area (Å²) in [6.45, 7) is 15.9. The van der Waals surface area contributed by atoms with Crippen LogP contribution in [0.15, 0.2) is 60.4 Å². The maximum Gasteiger partial charge on any atom is 0.325 e. The highest BCUT2D eigenvalue weighted by molar-refractivity contribution is 7.10. The van der Waals surface area contributed by atoms with Gasteiger partial charge in [0.05, 0.1) is 49.0 Å². The number of alkyl halides is 2. The Bertz CT molecular complexity index is 2840. The van der Waals surface area contributed by atoms with Crippen molar-refractivity contribution in [3.63, 3.8) is 0 Å². The van der Waals surface area contributed by atoms with Crippen molar-refractivity contribution in [1.29, 1.82) is 0 Å². The van der Waals surface area contributed by atoms with E-state index in [9.17, 15) is 13.6 Å². The first-order chi connectivity index (χ1) is 34.7. The van der Waals surface area contributed by atoms with Gasteiger partial charge in [-0.1, -0.05) is 38.7 Å². The number of aromatic nitrogens is 4. The molecule has 3 saturated heterocycles. The molecule has 382 valence electrons. The number of methoxy groups -OCH3 is 1. The van der Waals surface area contributed by atoms with E-state index in [1.807, 2.05) is 36.7 Å². The Morgan fingerprint density at radius 1 is 1.08 bits per heavy atom. The van der Waals surface area contributed by atoms with Gasteiger partial charge < -0.3 is 28.8 Å². The maximum absolute atomic E-state index is 15.1. The molecule has 4 aromatic heterocycles. The Hall–Kier alpha value is -5.19. The molecule has 6 aliphatic rings. The van der Waals surface area contributed by atoms with Crippen molar-refractivity contribution < 1.29 is 37.3 Å². The summed E-state index contributed by atoms with van der Waals surface area (Å²) in [4.78, 5) is 46.2. The van der Waals surface area contributed by atoms with E-state index in [1.54, 1.807) is 19.5 Å². The van der Waals surface area contributed by atoms with Gasteiger partial charge in [0, 0.05) is 89.8 Å². The first-order valence-electron chi connectivity index (χ1n) is 25.5. The van der Waals surface area contributed by atoms with Crippen LogP contribution in [-0.4, -0.2) is 125 Å². The molecule has 17 heteroatoms. The first kappa shape index (κ1) is 50.3. The van der Waals surface area contributed by atoms with E-state index in [0.717, 1.165) is 63.2 Å². The number of morpholine rings is 1. The molecule has 1 aromatic carbocycles. The summed E-state index contributed by atoms with van der Waals surface area (Å²) in [6, 6.07) is 10.4. The molecule has 0 radical (unpaired) electrons. The Labute approximate surface area is 424 Å². The van der Waals surface area contributed by atoms with Gasteiger partial charge in [0.15, 0.2) is 0 Å². The van der Waals surface area contributed by atoms with Crippen LogP contribution in [0.5, 0.6) is 0 Å². The van der Waals surface area contributed by atoms with Gasteiger partial charge in [-0.3, -0.25) is 29.5 Å². The van der Waals surface area contributed by atoms with Crippen molar-refractivity contribution in [3.8, 4) is 34.4 Å². The lowest BCUT2D eigenvalue weighted by atomic mass is 9.73. The monoisotopic (exact) mass is 1000 g/mol. The molecule has 8 heterocycles. The van der Waals surface area contributed by atoms with E-state index in [-0.39, 0.29) is 48.5 Å². The number of cyclic esters (lactones) is 1. The fraction of sp³-hybridized carbons (Fsp3) is 0.545. The number of halogens is 2. The molecule has 1 unspecified atom stereocenters. The van der Waals surface area contributed by atoms with E-state index in [1.165, 1.54) is 16.3 Å². The molecule has 11 rings (SSSR count). The zero-order chi connectivity index (χ0) is 50.4. The molecular weight excluding hydrogens is 939 g/mol. The number of rotatable bonds is 12. The lowest BCUT2D eigenvalue weighted by molar-refractivity contribution is -0.173. The van der Waals surface area contributed by atoms with Crippen LogP contribution in [0.3, 0.4) is 0 Å². The van der Waals surface area contributed by atoms with Crippen LogP contribution in [0.25, 0.3) is 33.4 Å². The Kier molecular flexibility index (Phi) is 14.7. The minimum atomic E-state index is -2.79. The Morgan fingerprint density at radius 3 is 2.60 bits per heavy atom. The van der Waals surface area contributed by atoms with Crippen molar-refractivity contribution in [2.45, 2.75) is 116 Å². The van der Waals surface area contributed by atoms with Crippen LogP contribution < -0.4 is 10.7 Å². The summed E-state index contributed by atoms with van der Waals surface area (Å²) in [7, 11) is 1.68. The van der Waals surface area contributed by atoms with Crippen molar-refractivity contribution in [2.75, 3.05) is 53.2 Å². The van der Waals surface area contributed by atoms with E-state index in [2.05, 4.69) is 89.9 Å². The average molecular weight is 1010 g/mol. The van der Waals surface area contributed by atoms with Crippen molar-refractivity contribution in [2.24, 2.45) is 23.2 Å². The summed E-state index contributed by atoms with van der Waals surface area (Å²) in [6.07, 6.45) is 2.80. The van der Waals surface area contributed by atoms with Crippen molar-refractivity contribution in [1.82, 2.24) is 40.2 Å². The molecule has 5 aromatic rings. The van der Waals surface area contributed by atoms with Gasteiger partial charge in [-0.15, -0.1) is 11.3 Å². The summed E-state index contributed by atoms with van der Waals surface area (Å²) in [5.41, 5.74) is 10.8. The molecular formula is C55H66F2N8O6S. The minimum Gasteiger partial charge on any atom is -0.464 e. The number of aryl methyl sites for hydroxylation is 1. The fourth-order valence-electron chi connectivity index (χ4n) is 11.4. The van der Waals surface area contributed by atoms with Crippen LogP contribution in [0.2, 0.25) is 0 Å². The number of amides is 1. The number of hydrogen-bond donors (Lipinski definition) is 2. The number of carbonyl (C=O) groups excluding carboxylic acids is 2. The van der Waals surface area contributed by atoms with Gasteiger partial charge >= 0.3 is 5.97 Å². The molecule has 72 heavy (non-hydrogen) atoms. The third kappa shape index (κ3) is 10.1. The fourth-order valence-corrected chi connectivity index (χ4v) is 12.3. The largest absolute Gasteiger partial charge is 0.464 e.